The van der Waals surface area contributed by atoms with E-state index >= 15 is 0 Å². The van der Waals surface area contributed by atoms with E-state index < -0.39 is 4.92 Å². The average molecular weight is 192 g/mol. The molecular formula is C9H8N2O3. The van der Waals surface area contributed by atoms with Crippen LogP contribution in [0.25, 0.3) is 10.9 Å². The summed E-state index contributed by atoms with van der Waals surface area (Å²) in [7, 11) is 0. The van der Waals surface area contributed by atoms with E-state index in [4.69, 9.17) is 5.11 Å². The summed E-state index contributed by atoms with van der Waals surface area (Å²) in [5.41, 5.74) is 1.50. The molecule has 0 aliphatic carbocycles. The predicted molar refractivity (Wildman–Crippen MR) is 50.9 cm³/mol. The van der Waals surface area contributed by atoms with Crippen molar-refractivity contribution in [3.63, 3.8) is 0 Å². The van der Waals surface area contributed by atoms with Crippen molar-refractivity contribution in [2.24, 2.45) is 0 Å². The molecule has 1 heterocycles. The van der Waals surface area contributed by atoms with Crippen molar-refractivity contribution >= 4 is 16.6 Å². The number of aromatic nitrogens is 1. The van der Waals surface area contributed by atoms with Crippen molar-refractivity contribution in [2.45, 2.75) is 6.61 Å². The number of hydrogen-bond donors (Lipinski definition) is 2. The smallest absolute Gasteiger partial charge is 0.270 e. The Morgan fingerprint density at radius 2 is 2.29 bits per heavy atom. The third-order valence-corrected chi connectivity index (χ3v) is 2.13. The Kier molecular flexibility index (Phi) is 1.94. The molecule has 14 heavy (non-hydrogen) atoms. The van der Waals surface area contributed by atoms with Gasteiger partial charge in [0.05, 0.1) is 11.5 Å². The number of aliphatic hydroxyl groups is 1. The van der Waals surface area contributed by atoms with Crippen molar-refractivity contribution in [1.82, 2.24) is 4.98 Å². The number of fused-ring (bicyclic) bond motifs is 1. The van der Waals surface area contributed by atoms with Crippen LogP contribution in [0.3, 0.4) is 0 Å². The Labute approximate surface area is 79.1 Å². The van der Waals surface area contributed by atoms with Crippen LogP contribution in [0.5, 0.6) is 0 Å². The molecule has 0 saturated carbocycles. The van der Waals surface area contributed by atoms with Gasteiger partial charge in [0, 0.05) is 34.8 Å². The summed E-state index contributed by atoms with van der Waals surface area (Å²) in [5, 5.41) is 20.2. The van der Waals surface area contributed by atoms with E-state index in [1.54, 1.807) is 12.3 Å². The topological polar surface area (TPSA) is 79.2 Å². The molecule has 0 amide bonds. The molecule has 0 unspecified atom stereocenters. The number of nitro groups is 1. The SMILES string of the molecule is O=[N+]([O-])c1ccc2[nH]cc(CO)c2c1. The number of rotatable bonds is 2. The van der Waals surface area contributed by atoms with Gasteiger partial charge in [-0.3, -0.25) is 10.1 Å². The molecule has 2 aromatic rings. The van der Waals surface area contributed by atoms with E-state index in [1.807, 2.05) is 0 Å². The van der Waals surface area contributed by atoms with Crippen molar-refractivity contribution in [1.29, 1.82) is 0 Å². The lowest BCUT2D eigenvalue weighted by Gasteiger charge is -1.94. The Balaban J connectivity index is 2.67. The van der Waals surface area contributed by atoms with Gasteiger partial charge in [0.1, 0.15) is 0 Å². The fourth-order valence-electron chi connectivity index (χ4n) is 1.41. The van der Waals surface area contributed by atoms with Crippen LogP contribution in [0.4, 0.5) is 5.69 Å². The summed E-state index contributed by atoms with van der Waals surface area (Å²) in [4.78, 5) is 13.0. The van der Waals surface area contributed by atoms with Crippen molar-refractivity contribution < 1.29 is 10.0 Å². The van der Waals surface area contributed by atoms with Gasteiger partial charge in [0.2, 0.25) is 0 Å². The van der Waals surface area contributed by atoms with Gasteiger partial charge in [0.15, 0.2) is 0 Å². The summed E-state index contributed by atoms with van der Waals surface area (Å²) < 4.78 is 0. The van der Waals surface area contributed by atoms with Crippen molar-refractivity contribution in [3.8, 4) is 0 Å². The number of nitrogens with zero attached hydrogens (tertiary/aromatic N) is 1. The predicted octanol–water partition coefficient (Wildman–Crippen LogP) is 1.57. The van der Waals surface area contributed by atoms with Gasteiger partial charge in [-0.25, -0.2) is 0 Å². The van der Waals surface area contributed by atoms with Crippen LogP contribution in [0.1, 0.15) is 5.56 Å². The molecule has 0 fully saturated rings. The minimum Gasteiger partial charge on any atom is -0.392 e. The summed E-state index contributed by atoms with van der Waals surface area (Å²) >= 11 is 0. The van der Waals surface area contributed by atoms with E-state index in [9.17, 15) is 10.1 Å². The van der Waals surface area contributed by atoms with Crippen LogP contribution < -0.4 is 0 Å². The maximum Gasteiger partial charge on any atom is 0.270 e. The maximum absolute atomic E-state index is 10.5. The largest absolute Gasteiger partial charge is 0.392 e. The van der Waals surface area contributed by atoms with Gasteiger partial charge in [-0.05, 0) is 6.07 Å². The van der Waals surface area contributed by atoms with Crippen LogP contribution >= 0.6 is 0 Å². The lowest BCUT2D eigenvalue weighted by Crippen LogP contribution is -1.87. The quantitative estimate of drug-likeness (QED) is 0.559. The molecule has 1 aromatic carbocycles. The third kappa shape index (κ3) is 1.23. The Bertz CT molecular complexity index is 490. The lowest BCUT2D eigenvalue weighted by molar-refractivity contribution is -0.384. The monoisotopic (exact) mass is 192 g/mol. The minimum absolute atomic E-state index is 0.0341. The van der Waals surface area contributed by atoms with Gasteiger partial charge in [-0.15, -0.1) is 0 Å². The van der Waals surface area contributed by atoms with Crippen LogP contribution in [0.2, 0.25) is 0 Å². The number of benzene rings is 1. The number of aromatic amines is 1. The average Bonchev–Trinajstić information content (AvgIpc) is 2.59. The maximum atomic E-state index is 10.5. The number of aliphatic hydroxyl groups excluding tert-OH is 1. The molecule has 0 bridgehead atoms. The number of hydrogen-bond acceptors (Lipinski definition) is 3. The Hall–Kier alpha value is -1.88. The zero-order valence-electron chi connectivity index (χ0n) is 7.23. The van der Waals surface area contributed by atoms with Crippen molar-refractivity contribution in [3.05, 3.63) is 40.1 Å². The fraction of sp³-hybridized carbons (Fsp3) is 0.111. The summed E-state index contributed by atoms with van der Waals surface area (Å²) in [6.45, 7) is -0.124. The highest BCUT2D eigenvalue weighted by molar-refractivity contribution is 5.85. The summed E-state index contributed by atoms with van der Waals surface area (Å²) in [6, 6.07) is 4.52. The van der Waals surface area contributed by atoms with Gasteiger partial charge >= 0.3 is 0 Å². The molecule has 0 saturated heterocycles. The summed E-state index contributed by atoms with van der Waals surface area (Å²) in [6.07, 6.45) is 1.65. The normalized spacial score (nSPS) is 10.6. The summed E-state index contributed by atoms with van der Waals surface area (Å²) in [5.74, 6) is 0. The standard InChI is InChI=1S/C9H8N2O3/c12-5-6-4-10-9-2-1-7(11(13)14)3-8(6)9/h1-4,10,12H,5H2. The molecule has 0 aliphatic rings. The fourth-order valence-corrected chi connectivity index (χ4v) is 1.41. The molecule has 2 rings (SSSR count). The zero-order valence-corrected chi connectivity index (χ0v) is 7.23. The van der Waals surface area contributed by atoms with Crippen molar-refractivity contribution in [2.75, 3.05) is 0 Å². The second-order valence-electron chi connectivity index (χ2n) is 2.96. The first-order valence-corrected chi connectivity index (χ1v) is 4.07. The number of nitrogens with one attached hydrogen (secondary N) is 1. The molecule has 0 atom stereocenters. The highest BCUT2D eigenvalue weighted by Crippen LogP contribution is 2.23. The zero-order chi connectivity index (χ0) is 10.1. The first kappa shape index (κ1) is 8.71. The number of non-ortho nitro benzene ring substituents is 1. The van der Waals surface area contributed by atoms with Crippen LogP contribution in [0.15, 0.2) is 24.4 Å². The van der Waals surface area contributed by atoms with Gasteiger partial charge < -0.3 is 10.1 Å². The molecule has 5 heteroatoms. The first-order valence-electron chi connectivity index (χ1n) is 4.07. The van der Waals surface area contributed by atoms with Crippen LogP contribution in [-0.2, 0) is 6.61 Å². The van der Waals surface area contributed by atoms with Gasteiger partial charge in [-0.1, -0.05) is 0 Å². The molecule has 0 radical (unpaired) electrons. The van der Waals surface area contributed by atoms with Crippen LogP contribution in [0, 0.1) is 10.1 Å². The first-order chi connectivity index (χ1) is 6.72. The Morgan fingerprint density at radius 3 is 2.93 bits per heavy atom. The van der Waals surface area contributed by atoms with E-state index in [0.717, 1.165) is 5.52 Å². The molecule has 0 spiro atoms. The second-order valence-corrected chi connectivity index (χ2v) is 2.96. The van der Waals surface area contributed by atoms with Crippen LogP contribution in [-0.4, -0.2) is 15.0 Å². The van der Waals surface area contributed by atoms with E-state index in [2.05, 4.69) is 4.98 Å². The number of H-pyrrole nitrogens is 1. The third-order valence-electron chi connectivity index (χ3n) is 2.13. The minimum atomic E-state index is -0.451. The molecule has 5 nitrogen and oxygen atoms in total. The highest BCUT2D eigenvalue weighted by Gasteiger charge is 2.09. The van der Waals surface area contributed by atoms with E-state index in [0.29, 0.717) is 10.9 Å². The number of nitro benzene ring substituents is 1. The molecular weight excluding hydrogens is 184 g/mol. The van der Waals surface area contributed by atoms with Gasteiger partial charge in [0.25, 0.3) is 5.69 Å². The highest BCUT2D eigenvalue weighted by atomic mass is 16.6. The molecule has 72 valence electrons. The van der Waals surface area contributed by atoms with E-state index in [1.165, 1.54) is 12.1 Å². The van der Waals surface area contributed by atoms with E-state index in [-0.39, 0.29) is 12.3 Å². The second kappa shape index (κ2) is 3.12. The molecule has 1 aromatic heterocycles. The Morgan fingerprint density at radius 1 is 1.50 bits per heavy atom. The lowest BCUT2D eigenvalue weighted by atomic mass is 10.1. The van der Waals surface area contributed by atoms with Gasteiger partial charge in [-0.2, -0.15) is 0 Å². The molecule has 2 N–H and O–H groups in total. The molecule has 0 aliphatic heterocycles.